The molecule has 4 nitrogen and oxygen atoms in total. The first-order valence-corrected chi connectivity index (χ1v) is 11.4. The van der Waals surface area contributed by atoms with Crippen molar-refractivity contribution >= 4 is 23.2 Å². The van der Waals surface area contributed by atoms with Gasteiger partial charge in [0, 0.05) is 23.5 Å². The lowest BCUT2D eigenvalue weighted by atomic mass is 10.1. The Kier molecular flexibility index (Phi) is 6.77. The molecule has 0 spiro atoms. The molecule has 0 bridgehead atoms. The fraction of sp³-hybridized carbons (Fsp3) is 0.280. The molecule has 1 fully saturated rings. The van der Waals surface area contributed by atoms with Crippen molar-refractivity contribution in [2.24, 2.45) is 5.92 Å². The maximum absolute atomic E-state index is 13.7. The van der Waals surface area contributed by atoms with Crippen LogP contribution in [0.15, 0.2) is 72.1 Å². The molecule has 31 heavy (non-hydrogen) atoms. The van der Waals surface area contributed by atoms with Gasteiger partial charge in [-0.25, -0.2) is 4.39 Å². The number of hydrogen-bond donors (Lipinski definition) is 0. The molecule has 1 aliphatic rings. The molecule has 1 saturated carbocycles. The molecule has 2 aromatic carbocycles. The fourth-order valence-corrected chi connectivity index (χ4v) is 4.24. The quantitative estimate of drug-likeness (QED) is 0.475. The summed E-state index contributed by atoms with van der Waals surface area (Å²) < 4.78 is 13.7. The van der Waals surface area contributed by atoms with E-state index >= 15 is 0 Å². The number of carbonyl (C=O) groups excluding carboxylic acids is 2. The number of thiophene rings is 1. The molecule has 3 aromatic rings. The lowest BCUT2D eigenvalue weighted by molar-refractivity contribution is -0.133. The third-order valence-electron chi connectivity index (χ3n) is 5.36. The van der Waals surface area contributed by atoms with Crippen molar-refractivity contribution < 1.29 is 14.0 Å². The highest BCUT2D eigenvalue weighted by atomic mass is 32.1. The summed E-state index contributed by atoms with van der Waals surface area (Å²) in [5, 5.41) is 1.99. The van der Waals surface area contributed by atoms with Crippen molar-refractivity contribution in [1.29, 1.82) is 0 Å². The minimum absolute atomic E-state index is 0.00987. The van der Waals surface area contributed by atoms with E-state index in [1.807, 2.05) is 47.8 Å². The van der Waals surface area contributed by atoms with Gasteiger partial charge >= 0.3 is 0 Å². The van der Waals surface area contributed by atoms with Crippen molar-refractivity contribution in [3.63, 3.8) is 0 Å². The zero-order valence-corrected chi connectivity index (χ0v) is 18.1. The summed E-state index contributed by atoms with van der Waals surface area (Å²) in [6, 6.07) is 19.5. The summed E-state index contributed by atoms with van der Waals surface area (Å²) in [6.45, 7) is 1.49. The van der Waals surface area contributed by atoms with E-state index in [1.165, 1.54) is 18.2 Å². The Hall–Kier alpha value is -2.99. The van der Waals surface area contributed by atoms with Gasteiger partial charge in [0.2, 0.25) is 5.91 Å². The standard InChI is InChI=1S/C25H25FN2O2S/c26-22-9-4-8-21(14-22)25(30)28(16-20-11-12-20)18-24(29)27(17-23-10-5-13-31-23)15-19-6-2-1-3-7-19/h1-10,13-14,20H,11-12,15-18H2. The monoisotopic (exact) mass is 436 g/mol. The van der Waals surface area contributed by atoms with Crippen molar-refractivity contribution in [1.82, 2.24) is 9.80 Å². The normalized spacial score (nSPS) is 13.1. The van der Waals surface area contributed by atoms with Gasteiger partial charge in [0.05, 0.1) is 6.54 Å². The second-order valence-corrected chi connectivity index (χ2v) is 8.99. The molecule has 1 aliphatic carbocycles. The van der Waals surface area contributed by atoms with E-state index < -0.39 is 5.82 Å². The molecule has 6 heteroatoms. The van der Waals surface area contributed by atoms with E-state index in [-0.39, 0.29) is 23.9 Å². The van der Waals surface area contributed by atoms with Gasteiger partial charge in [0.25, 0.3) is 5.91 Å². The first-order valence-electron chi connectivity index (χ1n) is 10.5. The third-order valence-corrected chi connectivity index (χ3v) is 6.22. The summed E-state index contributed by atoms with van der Waals surface area (Å²) >= 11 is 1.61. The maximum Gasteiger partial charge on any atom is 0.254 e. The highest BCUT2D eigenvalue weighted by molar-refractivity contribution is 7.09. The molecular weight excluding hydrogens is 411 g/mol. The summed E-state index contributed by atoms with van der Waals surface area (Å²) in [5.74, 6) is -0.435. The van der Waals surface area contributed by atoms with Gasteiger partial charge in [0.1, 0.15) is 12.4 Å². The van der Waals surface area contributed by atoms with Crippen LogP contribution in [-0.2, 0) is 17.9 Å². The number of halogens is 1. The summed E-state index contributed by atoms with van der Waals surface area (Å²) in [5.41, 5.74) is 1.32. The molecule has 1 aromatic heterocycles. The predicted molar refractivity (Wildman–Crippen MR) is 120 cm³/mol. The number of amides is 2. The van der Waals surface area contributed by atoms with Crippen LogP contribution in [0.25, 0.3) is 0 Å². The molecule has 0 N–H and O–H groups in total. The van der Waals surface area contributed by atoms with E-state index in [2.05, 4.69) is 0 Å². The zero-order chi connectivity index (χ0) is 21.6. The number of hydrogen-bond acceptors (Lipinski definition) is 3. The minimum Gasteiger partial charge on any atom is -0.332 e. The van der Waals surface area contributed by atoms with Crippen molar-refractivity contribution in [2.75, 3.05) is 13.1 Å². The number of nitrogens with zero attached hydrogens (tertiary/aromatic N) is 2. The Morgan fingerprint density at radius 3 is 2.42 bits per heavy atom. The van der Waals surface area contributed by atoms with E-state index in [0.717, 1.165) is 23.3 Å². The average Bonchev–Trinajstić information content (AvgIpc) is 3.45. The largest absolute Gasteiger partial charge is 0.332 e. The SMILES string of the molecule is O=C(CN(CC1CC1)C(=O)c1cccc(F)c1)N(Cc1ccccc1)Cc1cccs1. The molecule has 0 saturated heterocycles. The van der Waals surface area contributed by atoms with Crippen molar-refractivity contribution in [3.05, 3.63) is 93.9 Å². The van der Waals surface area contributed by atoms with Crippen LogP contribution in [0.2, 0.25) is 0 Å². The van der Waals surface area contributed by atoms with Gasteiger partial charge in [-0.2, -0.15) is 0 Å². The highest BCUT2D eigenvalue weighted by Crippen LogP contribution is 2.30. The van der Waals surface area contributed by atoms with Crippen LogP contribution in [0.1, 0.15) is 33.6 Å². The van der Waals surface area contributed by atoms with Gasteiger partial charge in [-0.05, 0) is 54.0 Å². The molecule has 0 atom stereocenters. The molecule has 0 radical (unpaired) electrons. The fourth-order valence-electron chi connectivity index (χ4n) is 3.53. The van der Waals surface area contributed by atoms with Crippen LogP contribution in [-0.4, -0.2) is 34.7 Å². The van der Waals surface area contributed by atoms with Crippen LogP contribution < -0.4 is 0 Å². The van der Waals surface area contributed by atoms with Gasteiger partial charge in [-0.3, -0.25) is 9.59 Å². The number of benzene rings is 2. The number of carbonyl (C=O) groups is 2. The van der Waals surface area contributed by atoms with E-state index in [4.69, 9.17) is 0 Å². The maximum atomic E-state index is 13.7. The van der Waals surface area contributed by atoms with Crippen molar-refractivity contribution in [2.45, 2.75) is 25.9 Å². The first kappa shape index (κ1) is 21.2. The van der Waals surface area contributed by atoms with Gasteiger partial charge < -0.3 is 9.80 Å². The average molecular weight is 437 g/mol. The van der Waals surface area contributed by atoms with Crippen LogP contribution in [0.5, 0.6) is 0 Å². The van der Waals surface area contributed by atoms with Crippen LogP contribution in [0, 0.1) is 11.7 Å². The summed E-state index contributed by atoms with van der Waals surface area (Å²) in [4.78, 5) is 30.9. The first-order chi connectivity index (χ1) is 15.1. The van der Waals surface area contributed by atoms with Gasteiger partial charge in [0.15, 0.2) is 0 Å². The van der Waals surface area contributed by atoms with E-state index in [9.17, 15) is 14.0 Å². The van der Waals surface area contributed by atoms with Crippen LogP contribution >= 0.6 is 11.3 Å². The molecule has 0 aliphatic heterocycles. The minimum atomic E-state index is -0.452. The second-order valence-electron chi connectivity index (χ2n) is 7.95. The van der Waals surface area contributed by atoms with E-state index in [1.54, 1.807) is 27.2 Å². The Bertz CT molecular complexity index is 1020. The second kappa shape index (κ2) is 9.88. The summed E-state index contributed by atoms with van der Waals surface area (Å²) in [7, 11) is 0. The Balaban J connectivity index is 1.52. The van der Waals surface area contributed by atoms with Crippen LogP contribution in [0.4, 0.5) is 4.39 Å². The lowest BCUT2D eigenvalue weighted by Crippen LogP contribution is -2.43. The number of rotatable bonds is 9. The molecular formula is C25H25FN2O2S. The third kappa shape index (κ3) is 6.01. The Morgan fingerprint density at radius 1 is 0.935 bits per heavy atom. The van der Waals surface area contributed by atoms with E-state index in [0.29, 0.717) is 25.6 Å². The topological polar surface area (TPSA) is 40.6 Å². The van der Waals surface area contributed by atoms with Crippen molar-refractivity contribution in [3.8, 4) is 0 Å². The summed E-state index contributed by atoms with van der Waals surface area (Å²) in [6.07, 6.45) is 2.12. The molecule has 2 amide bonds. The molecule has 0 unspecified atom stereocenters. The van der Waals surface area contributed by atoms with Gasteiger partial charge in [-0.1, -0.05) is 42.5 Å². The highest BCUT2D eigenvalue weighted by Gasteiger charge is 2.30. The van der Waals surface area contributed by atoms with Gasteiger partial charge in [-0.15, -0.1) is 11.3 Å². The molecule has 1 heterocycles. The van der Waals surface area contributed by atoms with Crippen LogP contribution in [0.3, 0.4) is 0 Å². The Morgan fingerprint density at radius 2 is 1.74 bits per heavy atom. The Labute approximate surface area is 185 Å². The lowest BCUT2D eigenvalue weighted by Gasteiger charge is -2.28. The zero-order valence-electron chi connectivity index (χ0n) is 17.2. The molecule has 160 valence electrons. The molecule has 4 rings (SSSR count). The predicted octanol–water partition coefficient (Wildman–Crippen LogP) is 4.97. The smallest absolute Gasteiger partial charge is 0.254 e.